The van der Waals surface area contributed by atoms with Gasteiger partial charge in [0.05, 0.1) is 16.2 Å². The molecule has 1 aliphatic heterocycles. The van der Waals surface area contributed by atoms with Crippen LogP contribution in [0.1, 0.15) is 19.4 Å². The lowest BCUT2D eigenvalue weighted by Gasteiger charge is -2.36. The standard InChI is InChI=1S/C22H27ClN4O5S/c1-3-26(4-2)33(31,32)18-9-10-20(21(16-18)27(29)30)24-11-13-25(14-12-24)22(28)15-17-7-5-6-8-19(17)23/h5-10,16H,3-4,11-15H2,1-2H3. The van der Waals surface area contributed by atoms with Crippen molar-refractivity contribution in [3.8, 4) is 0 Å². The minimum absolute atomic E-state index is 0.0575. The molecule has 0 spiro atoms. The molecule has 178 valence electrons. The zero-order valence-corrected chi connectivity index (χ0v) is 20.2. The minimum Gasteiger partial charge on any atom is -0.362 e. The molecule has 0 unspecified atom stereocenters. The van der Waals surface area contributed by atoms with Gasteiger partial charge in [0.25, 0.3) is 5.69 Å². The number of nitro benzene ring substituents is 1. The van der Waals surface area contributed by atoms with Crippen molar-refractivity contribution in [3.63, 3.8) is 0 Å². The maximum atomic E-state index is 12.8. The van der Waals surface area contributed by atoms with Gasteiger partial charge in [-0.25, -0.2) is 8.42 Å². The topological polar surface area (TPSA) is 104 Å². The molecule has 11 heteroatoms. The first-order valence-electron chi connectivity index (χ1n) is 10.7. The van der Waals surface area contributed by atoms with Gasteiger partial charge in [-0.05, 0) is 23.8 Å². The van der Waals surface area contributed by atoms with Gasteiger partial charge in [0, 0.05) is 50.4 Å². The maximum absolute atomic E-state index is 12.8. The Hall–Kier alpha value is -2.69. The first kappa shape index (κ1) is 24.9. The van der Waals surface area contributed by atoms with Crippen LogP contribution in [0.4, 0.5) is 11.4 Å². The van der Waals surface area contributed by atoms with E-state index in [9.17, 15) is 23.3 Å². The van der Waals surface area contributed by atoms with Crippen molar-refractivity contribution >= 4 is 38.9 Å². The Morgan fingerprint density at radius 3 is 2.30 bits per heavy atom. The van der Waals surface area contributed by atoms with Crippen LogP contribution < -0.4 is 4.90 Å². The van der Waals surface area contributed by atoms with Crippen molar-refractivity contribution in [3.05, 3.63) is 63.2 Å². The van der Waals surface area contributed by atoms with Gasteiger partial charge >= 0.3 is 0 Å². The summed E-state index contributed by atoms with van der Waals surface area (Å²) in [5.74, 6) is -0.0575. The molecule has 0 aliphatic carbocycles. The Kier molecular flexibility index (Phi) is 7.93. The smallest absolute Gasteiger partial charge is 0.293 e. The summed E-state index contributed by atoms with van der Waals surface area (Å²) in [4.78, 5) is 27.3. The van der Waals surface area contributed by atoms with E-state index in [0.29, 0.717) is 36.9 Å². The number of anilines is 1. The average molecular weight is 495 g/mol. The molecule has 0 N–H and O–H groups in total. The fourth-order valence-corrected chi connectivity index (χ4v) is 5.58. The van der Waals surface area contributed by atoms with Crippen LogP contribution in [0.3, 0.4) is 0 Å². The molecule has 0 saturated carbocycles. The third-order valence-electron chi connectivity index (χ3n) is 5.76. The lowest BCUT2D eigenvalue weighted by Crippen LogP contribution is -2.49. The van der Waals surface area contributed by atoms with Crippen LogP contribution in [0, 0.1) is 10.1 Å². The van der Waals surface area contributed by atoms with Crippen molar-refractivity contribution < 1.29 is 18.1 Å². The van der Waals surface area contributed by atoms with E-state index in [-0.39, 0.29) is 36.0 Å². The number of sulfonamides is 1. The summed E-state index contributed by atoms with van der Waals surface area (Å²) in [7, 11) is -3.81. The molecule has 1 amide bonds. The zero-order valence-electron chi connectivity index (χ0n) is 18.6. The quantitative estimate of drug-likeness (QED) is 0.412. The average Bonchev–Trinajstić information content (AvgIpc) is 2.80. The van der Waals surface area contributed by atoms with Crippen LogP contribution in [0.15, 0.2) is 47.4 Å². The summed E-state index contributed by atoms with van der Waals surface area (Å²) in [6.07, 6.45) is 0.192. The Bertz CT molecular complexity index is 1130. The van der Waals surface area contributed by atoms with Crippen LogP contribution in [-0.4, -0.2) is 67.7 Å². The highest BCUT2D eigenvalue weighted by Gasteiger charge is 2.29. The lowest BCUT2D eigenvalue weighted by molar-refractivity contribution is -0.384. The summed E-state index contributed by atoms with van der Waals surface area (Å²) in [6.45, 7) is 5.60. The molecule has 3 rings (SSSR count). The summed E-state index contributed by atoms with van der Waals surface area (Å²) in [5, 5.41) is 12.3. The van der Waals surface area contributed by atoms with Crippen LogP contribution in [0.5, 0.6) is 0 Å². The third kappa shape index (κ3) is 5.45. The molecule has 0 aromatic heterocycles. The lowest BCUT2D eigenvalue weighted by atomic mass is 10.1. The highest BCUT2D eigenvalue weighted by molar-refractivity contribution is 7.89. The maximum Gasteiger partial charge on any atom is 0.293 e. The number of halogens is 1. The molecule has 1 saturated heterocycles. The number of carbonyl (C=O) groups is 1. The van der Waals surface area contributed by atoms with E-state index >= 15 is 0 Å². The molecule has 1 aliphatic rings. The van der Waals surface area contributed by atoms with Gasteiger partial charge in [0.15, 0.2) is 0 Å². The molecule has 0 radical (unpaired) electrons. The minimum atomic E-state index is -3.81. The number of piperazine rings is 1. The molecule has 0 atom stereocenters. The zero-order chi connectivity index (χ0) is 24.2. The molecule has 2 aromatic rings. The second-order valence-corrected chi connectivity index (χ2v) is 9.98. The molecular weight excluding hydrogens is 468 g/mol. The summed E-state index contributed by atoms with van der Waals surface area (Å²) < 4.78 is 26.8. The monoisotopic (exact) mass is 494 g/mol. The molecule has 0 bridgehead atoms. The largest absolute Gasteiger partial charge is 0.362 e. The fraction of sp³-hybridized carbons (Fsp3) is 0.409. The summed E-state index contributed by atoms with van der Waals surface area (Å²) in [5.41, 5.74) is 0.836. The molecule has 9 nitrogen and oxygen atoms in total. The van der Waals surface area contributed by atoms with Crippen LogP contribution in [-0.2, 0) is 21.2 Å². The number of rotatable bonds is 8. The van der Waals surface area contributed by atoms with Gasteiger partial charge in [-0.15, -0.1) is 0 Å². The van der Waals surface area contributed by atoms with E-state index in [1.54, 1.807) is 30.9 Å². The van der Waals surface area contributed by atoms with Crippen molar-refractivity contribution in [2.24, 2.45) is 0 Å². The van der Waals surface area contributed by atoms with E-state index in [0.717, 1.165) is 11.6 Å². The number of amides is 1. The fourth-order valence-electron chi connectivity index (χ4n) is 3.90. The highest BCUT2D eigenvalue weighted by Crippen LogP contribution is 2.32. The van der Waals surface area contributed by atoms with Gasteiger partial charge < -0.3 is 9.80 Å². The molecule has 1 heterocycles. The molecular formula is C22H27ClN4O5S. The highest BCUT2D eigenvalue weighted by atomic mass is 35.5. The number of hydrogen-bond donors (Lipinski definition) is 0. The predicted octanol–water partition coefficient (Wildman–Crippen LogP) is 3.17. The van der Waals surface area contributed by atoms with Crippen molar-refractivity contribution in [1.29, 1.82) is 0 Å². The molecule has 33 heavy (non-hydrogen) atoms. The SMILES string of the molecule is CCN(CC)S(=O)(=O)c1ccc(N2CCN(C(=O)Cc3ccccc3Cl)CC2)c([N+](=O)[O-])c1. The van der Waals surface area contributed by atoms with Crippen LogP contribution in [0.25, 0.3) is 0 Å². The van der Waals surface area contributed by atoms with Gasteiger partial charge in [-0.2, -0.15) is 4.31 Å². The second-order valence-electron chi connectivity index (χ2n) is 7.63. The Morgan fingerprint density at radius 2 is 1.73 bits per heavy atom. The van der Waals surface area contributed by atoms with Crippen molar-refractivity contribution in [1.82, 2.24) is 9.21 Å². The van der Waals surface area contributed by atoms with Gasteiger partial charge in [-0.3, -0.25) is 14.9 Å². The van der Waals surface area contributed by atoms with E-state index < -0.39 is 14.9 Å². The summed E-state index contributed by atoms with van der Waals surface area (Å²) in [6, 6.07) is 11.2. The third-order valence-corrected chi connectivity index (χ3v) is 8.17. The Morgan fingerprint density at radius 1 is 1.09 bits per heavy atom. The van der Waals surface area contributed by atoms with Crippen LogP contribution >= 0.6 is 11.6 Å². The summed E-state index contributed by atoms with van der Waals surface area (Å²) >= 11 is 6.15. The molecule has 1 fully saturated rings. The van der Waals surface area contributed by atoms with Gasteiger partial charge in [-0.1, -0.05) is 43.6 Å². The first-order valence-corrected chi connectivity index (χ1v) is 12.6. The van der Waals surface area contributed by atoms with E-state index in [1.807, 2.05) is 17.0 Å². The number of carbonyl (C=O) groups excluding carboxylic acids is 1. The first-order chi connectivity index (χ1) is 15.7. The number of nitrogens with zero attached hydrogens (tertiary/aromatic N) is 4. The van der Waals surface area contributed by atoms with Crippen LogP contribution in [0.2, 0.25) is 5.02 Å². The molecule has 2 aromatic carbocycles. The number of benzene rings is 2. The van der Waals surface area contributed by atoms with Crippen molar-refractivity contribution in [2.75, 3.05) is 44.2 Å². The Balaban J connectivity index is 1.75. The van der Waals surface area contributed by atoms with E-state index in [4.69, 9.17) is 11.6 Å². The van der Waals surface area contributed by atoms with Crippen molar-refractivity contribution in [2.45, 2.75) is 25.2 Å². The van der Waals surface area contributed by atoms with E-state index in [1.165, 1.54) is 16.4 Å². The normalized spacial score (nSPS) is 14.5. The number of hydrogen-bond acceptors (Lipinski definition) is 6. The second kappa shape index (κ2) is 10.5. The van der Waals surface area contributed by atoms with E-state index in [2.05, 4.69) is 0 Å². The van der Waals surface area contributed by atoms with Gasteiger partial charge in [0.1, 0.15) is 5.69 Å². The Labute approximate surface area is 198 Å². The predicted molar refractivity (Wildman–Crippen MR) is 127 cm³/mol. The van der Waals surface area contributed by atoms with Gasteiger partial charge in [0.2, 0.25) is 15.9 Å². The number of nitro groups is 1.